The molecule has 3 heterocycles. The van der Waals surface area contributed by atoms with Crippen LogP contribution in [-0.4, -0.2) is 34.5 Å². The lowest BCUT2D eigenvalue weighted by molar-refractivity contribution is 0.957. The summed E-state index contributed by atoms with van der Waals surface area (Å²) in [5.74, 6) is 0.707. The van der Waals surface area contributed by atoms with E-state index in [1.165, 1.54) is 11.3 Å². The largest absolute Gasteiger partial charge is 0.356 e. The van der Waals surface area contributed by atoms with E-state index in [1.807, 2.05) is 42.8 Å². The molecule has 6 nitrogen and oxygen atoms in total. The molecule has 0 fully saturated rings. The molecule has 0 aliphatic carbocycles. The van der Waals surface area contributed by atoms with Gasteiger partial charge >= 0.3 is 0 Å². The third-order valence-electron chi connectivity index (χ3n) is 3.19. The predicted molar refractivity (Wildman–Crippen MR) is 102 cm³/mol. The van der Waals surface area contributed by atoms with Gasteiger partial charge in [-0.1, -0.05) is 6.07 Å². The van der Waals surface area contributed by atoms with Gasteiger partial charge in [-0.2, -0.15) is 0 Å². The van der Waals surface area contributed by atoms with Crippen molar-refractivity contribution in [2.75, 3.05) is 18.9 Å². The zero-order valence-electron chi connectivity index (χ0n) is 13.7. The third kappa shape index (κ3) is 3.77. The number of hydrogen-bond donors (Lipinski definition) is 2. The van der Waals surface area contributed by atoms with Gasteiger partial charge in [-0.3, -0.25) is 4.99 Å². The number of nitrogens with one attached hydrogen (secondary N) is 2. The third-order valence-corrected chi connectivity index (χ3v) is 4.72. The van der Waals surface area contributed by atoms with E-state index in [0.717, 1.165) is 39.5 Å². The quantitative estimate of drug-likeness (QED) is 0.550. The molecule has 0 bridgehead atoms. The lowest BCUT2D eigenvalue weighted by Crippen LogP contribution is -2.30. The van der Waals surface area contributed by atoms with Crippen LogP contribution in [0.2, 0.25) is 0 Å². The zero-order chi connectivity index (χ0) is 16.9. The summed E-state index contributed by atoms with van der Waals surface area (Å²) in [7, 11) is 1.74. The van der Waals surface area contributed by atoms with Gasteiger partial charge in [-0.25, -0.2) is 15.0 Å². The normalized spacial score (nSPS) is 11.5. The van der Waals surface area contributed by atoms with Crippen molar-refractivity contribution in [2.45, 2.75) is 13.8 Å². The minimum absolute atomic E-state index is 0.707. The first-order valence-electron chi connectivity index (χ1n) is 7.52. The first kappa shape index (κ1) is 16.5. The lowest BCUT2D eigenvalue weighted by atomic mass is 10.2. The molecule has 24 heavy (non-hydrogen) atoms. The summed E-state index contributed by atoms with van der Waals surface area (Å²) in [6.45, 7) is 4.82. The minimum atomic E-state index is 0.707. The zero-order valence-corrected chi connectivity index (χ0v) is 15.3. The molecule has 3 rings (SSSR count). The van der Waals surface area contributed by atoms with Crippen LogP contribution in [0.25, 0.3) is 22.8 Å². The van der Waals surface area contributed by atoms with Crippen LogP contribution >= 0.6 is 22.7 Å². The van der Waals surface area contributed by atoms with E-state index in [9.17, 15) is 0 Å². The van der Waals surface area contributed by atoms with E-state index in [-0.39, 0.29) is 0 Å². The van der Waals surface area contributed by atoms with Gasteiger partial charge in [0.1, 0.15) is 5.69 Å². The number of nitrogens with zero attached hydrogens (tertiary/aromatic N) is 4. The van der Waals surface area contributed by atoms with Crippen molar-refractivity contribution < 1.29 is 0 Å². The van der Waals surface area contributed by atoms with Crippen LogP contribution in [0.4, 0.5) is 5.13 Å². The van der Waals surface area contributed by atoms with Crippen molar-refractivity contribution in [3.63, 3.8) is 0 Å². The highest BCUT2D eigenvalue weighted by atomic mass is 32.1. The number of aliphatic imine (C=N–C) groups is 1. The van der Waals surface area contributed by atoms with Gasteiger partial charge in [-0.05, 0) is 26.0 Å². The van der Waals surface area contributed by atoms with E-state index < -0.39 is 0 Å². The van der Waals surface area contributed by atoms with Gasteiger partial charge in [-0.15, -0.1) is 22.7 Å². The second-order valence-electron chi connectivity index (χ2n) is 4.93. The van der Waals surface area contributed by atoms with Crippen molar-refractivity contribution in [2.24, 2.45) is 4.99 Å². The molecular weight excluding hydrogens is 340 g/mol. The molecule has 0 aliphatic rings. The molecule has 3 aromatic rings. The van der Waals surface area contributed by atoms with Crippen LogP contribution in [0.1, 0.15) is 11.9 Å². The summed E-state index contributed by atoms with van der Waals surface area (Å²) >= 11 is 3.15. The Morgan fingerprint density at radius 3 is 2.38 bits per heavy atom. The van der Waals surface area contributed by atoms with E-state index in [4.69, 9.17) is 4.98 Å². The van der Waals surface area contributed by atoms with E-state index in [2.05, 4.69) is 25.6 Å². The Morgan fingerprint density at radius 1 is 1.04 bits per heavy atom. The average Bonchev–Trinajstić information content (AvgIpc) is 3.24. The molecule has 124 valence electrons. The van der Waals surface area contributed by atoms with Gasteiger partial charge in [0, 0.05) is 24.4 Å². The van der Waals surface area contributed by atoms with Gasteiger partial charge in [0.25, 0.3) is 0 Å². The summed E-state index contributed by atoms with van der Waals surface area (Å²) in [5, 5.41) is 12.1. The highest BCUT2D eigenvalue weighted by Gasteiger charge is 2.10. The molecule has 8 heteroatoms. The van der Waals surface area contributed by atoms with Crippen molar-refractivity contribution >= 4 is 33.8 Å². The SMILES string of the molecule is CCNC(=NC)Nc1nc(-c2cccc(-c3csc(C)n3)n2)cs1. The van der Waals surface area contributed by atoms with Crippen LogP contribution in [0.5, 0.6) is 0 Å². The number of aryl methyl sites for hydroxylation is 1. The fourth-order valence-corrected chi connectivity index (χ4v) is 3.41. The fourth-order valence-electron chi connectivity index (χ4n) is 2.10. The summed E-state index contributed by atoms with van der Waals surface area (Å²) in [4.78, 5) is 17.9. The number of guanidine groups is 1. The van der Waals surface area contributed by atoms with Gasteiger partial charge in [0.15, 0.2) is 11.1 Å². The lowest BCUT2D eigenvalue weighted by Gasteiger charge is -2.06. The van der Waals surface area contributed by atoms with Gasteiger partial charge < -0.3 is 10.6 Å². The first-order valence-corrected chi connectivity index (χ1v) is 9.28. The Bertz CT molecular complexity index is 852. The number of anilines is 1. The minimum Gasteiger partial charge on any atom is -0.356 e. The van der Waals surface area contributed by atoms with Crippen LogP contribution in [0.3, 0.4) is 0 Å². The molecule has 3 aromatic heterocycles. The molecular formula is C16H18N6S2. The number of hydrogen-bond acceptors (Lipinski definition) is 6. The van der Waals surface area contributed by atoms with Crippen molar-refractivity contribution in [1.82, 2.24) is 20.3 Å². The van der Waals surface area contributed by atoms with E-state index >= 15 is 0 Å². The molecule has 0 saturated carbocycles. The maximum absolute atomic E-state index is 4.69. The maximum Gasteiger partial charge on any atom is 0.197 e. The standard InChI is InChI=1S/C16H18N6S2/c1-4-18-15(17-3)22-16-21-14(9-24-16)12-7-5-6-11(20-12)13-8-23-10(2)19-13/h5-9H,4H2,1-3H3,(H2,17,18,21,22). The summed E-state index contributed by atoms with van der Waals surface area (Å²) in [6, 6.07) is 5.91. The van der Waals surface area contributed by atoms with E-state index in [1.54, 1.807) is 18.4 Å². The summed E-state index contributed by atoms with van der Waals surface area (Å²) in [6.07, 6.45) is 0. The van der Waals surface area contributed by atoms with Crippen LogP contribution in [0, 0.1) is 6.92 Å². The monoisotopic (exact) mass is 358 g/mol. The Morgan fingerprint density at radius 2 is 1.75 bits per heavy atom. The molecule has 0 atom stereocenters. The Hall–Kier alpha value is -2.32. The van der Waals surface area contributed by atoms with Gasteiger partial charge in [0.2, 0.25) is 0 Å². The fraction of sp³-hybridized carbons (Fsp3) is 0.250. The van der Waals surface area contributed by atoms with Crippen molar-refractivity contribution in [3.05, 3.63) is 34.0 Å². The highest BCUT2D eigenvalue weighted by Crippen LogP contribution is 2.26. The first-order chi connectivity index (χ1) is 11.7. The van der Waals surface area contributed by atoms with Crippen molar-refractivity contribution in [1.29, 1.82) is 0 Å². The average molecular weight is 358 g/mol. The Balaban J connectivity index is 1.83. The second kappa shape index (κ2) is 7.50. The van der Waals surface area contributed by atoms with E-state index in [0.29, 0.717) is 5.96 Å². The van der Waals surface area contributed by atoms with Crippen LogP contribution < -0.4 is 10.6 Å². The van der Waals surface area contributed by atoms with Crippen molar-refractivity contribution in [3.8, 4) is 22.8 Å². The number of thiazole rings is 2. The number of aromatic nitrogens is 3. The maximum atomic E-state index is 4.69. The summed E-state index contributed by atoms with van der Waals surface area (Å²) < 4.78 is 0. The molecule has 0 aliphatic heterocycles. The van der Waals surface area contributed by atoms with Crippen LogP contribution in [-0.2, 0) is 0 Å². The van der Waals surface area contributed by atoms with Gasteiger partial charge in [0.05, 0.1) is 22.1 Å². The molecule has 0 radical (unpaired) electrons. The Kier molecular flexibility index (Phi) is 5.17. The highest BCUT2D eigenvalue weighted by molar-refractivity contribution is 7.14. The Labute approximate surface area is 148 Å². The molecule has 2 N–H and O–H groups in total. The molecule has 0 saturated heterocycles. The smallest absolute Gasteiger partial charge is 0.197 e. The second-order valence-corrected chi connectivity index (χ2v) is 6.85. The number of rotatable bonds is 4. The topological polar surface area (TPSA) is 75.1 Å². The molecule has 0 aromatic carbocycles. The number of pyridine rings is 1. The van der Waals surface area contributed by atoms with Crippen LogP contribution in [0.15, 0.2) is 34.0 Å². The predicted octanol–water partition coefficient (Wildman–Crippen LogP) is 3.64. The molecule has 0 amide bonds. The molecule has 0 spiro atoms. The summed E-state index contributed by atoms with van der Waals surface area (Å²) in [5.41, 5.74) is 3.44. The molecule has 0 unspecified atom stereocenters.